The van der Waals surface area contributed by atoms with Crippen molar-refractivity contribution in [3.8, 4) is 5.75 Å². The molecule has 0 fully saturated rings. The molecule has 2 aromatic rings. The lowest BCUT2D eigenvalue weighted by molar-refractivity contribution is 0.412. The van der Waals surface area contributed by atoms with E-state index in [-0.39, 0.29) is 5.38 Å². The van der Waals surface area contributed by atoms with Crippen LogP contribution in [-0.2, 0) is 6.42 Å². The summed E-state index contributed by atoms with van der Waals surface area (Å²) in [4.78, 5) is 0. The number of rotatable bonds is 4. The van der Waals surface area contributed by atoms with E-state index in [1.54, 1.807) is 7.11 Å². The van der Waals surface area contributed by atoms with E-state index < -0.39 is 0 Å². The van der Waals surface area contributed by atoms with Crippen LogP contribution in [-0.4, -0.2) is 7.11 Å². The fraction of sp³-hybridized carbons (Fsp3) is 0.200. The fourth-order valence-electron chi connectivity index (χ4n) is 1.82. The van der Waals surface area contributed by atoms with Gasteiger partial charge in [-0.1, -0.05) is 36.4 Å². The number of hydrogen-bond acceptors (Lipinski definition) is 1. The number of halogens is 2. The highest BCUT2D eigenvalue weighted by Crippen LogP contribution is 2.32. The van der Waals surface area contributed by atoms with Gasteiger partial charge in [0, 0.05) is 0 Å². The highest BCUT2D eigenvalue weighted by Gasteiger charge is 2.11. The van der Waals surface area contributed by atoms with Gasteiger partial charge in [0.1, 0.15) is 5.75 Å². The smallest absolute Gasteiger partial charge is 0.133 e. The van der Waals surface area contributed by atoms with Gasteiger partial charge in [-0.05, 0) is 45.6 Å². The van der Waals surface area contributed by atoms with E-state index in [2.05, 4.69) is 28.1 Å². The van der Waals surface area contributed by atoms with E-state index in [1.165, 1.54) is 5.56 Å². The van der Waals surface area contributed by atoms with Gasteiger partial charge in [0.15, 0.2) is 0 Å². The minimum absolute atomic E-state index is 0.0328. The monoisotopic (exact) mass is 324 g/mol. The molecule has 0 aliphatic rings. The largest absolute Gasteiger partial charge is 0.496 e. The quantitative estimate of drug-likeness (QED) is 0.720. The molecule has 0 aliphatic heterocycles. The Morgan fingerprint density at radius 1 is 1.17 bits per heavy atom. The highest BCUT2D eigenvalue weighted by atomic mass is 79.9. The molecule has 1 nitrogen and oxygen atoms in total. The molecule has 2 aromatic carbocycles. The summed E-state index contributed by atoms with van der Waals surface area (Å²) in [6.45, 7) is 0. The lowest BCUT2D eigenvalue weighted by Gasteiger charge is -2.12. The predicted octanol–water partition coefficient (Wildman–Crippen LogP) is 4.98. The molecule has 0 aliphatic carbocycles. The molecule has 0 N–H and O–H groups in total. The summed E-state index contributed by atoms with van der Waals surface area (Å²) in [5, 5.41) is -0.0328. The van der Waals surface area contributed by atoms with Crippen LogP contribution in [0.25, 0.3) is 0 Å². The molecule has 94 valence electrons. The Kier molecular flexibility index (Phi) is 4.67. The van der Waals surface area contributed by atoms with Crippen molar-refractivity contribution in [3.05, 3.63) is 64.1 Å². The van der Waals surface area contributed by atoms with Crippen molar-refractivity contribution in [2.75, 3.05) is 7.11 Å². The van der Waals surface area contributed by atoms with Crippen molar-refractivity contribution in [3.63, 3.8) is 0 Å². The van der Waals surface area contributed by atoms with Gasteiger partial charge in [0.2, 0.25) is 0 Å². The maximum atomic E-state index is 6.45. The summed E-state index contributed by atoms with van der Waals surface area (Å²) >= 11 is 9.92. The van der Waals surface area contributed by atoms with Gasteiger partial charge in [-0.2, -0.15) is 0 Å². The lowest BCUT2D eigenvalue weighted by Crippen LogP contribution is -1.96. The van der Waals surface area contributed by atoms with Crippen LogP contribution in [0.15, 0.2) is 53.0 Å². The predicted molar refractivity (Wildman–Crippen MR) is 79.4 cm³/mol. The van der Waals surface area contributed by atoms with Gasteiger partial charge >= 0.3 is 0 Å². The zero-order valence-corrected chi connectivity index (χ0v) is 12.4. The SMILES string of the molecule is COc1ccc(C(Cl)Cc2ccccc2)cc1Br. The lowest BCUT2D eigenvalue weighted by atomic mass is 10.0. The Labute approximate surface area is 121 Å². The Morgan fingerprint density at radius 2 is 1.89 bits per heavy atom. The molecule has 0 heterocycles. The minimum atomic E-state index is -0.0328. The van der Waals surface area contributed by atoms with Crippen LogP contribution in [0.5, 0.6) is 5.75 Å². The second-order valence-electron chi connectivity index (χ2n) is 4.05. The van der Waals surface area contributed by atoms with Crippen LogP contribution in [0, 0.1) is 0 Å². The maximum Gasteiger partial charge on any atom is 0.133 e. The third-order valence-corrected chi connectivity index (χ3v) is 3.82. The normalized spacial score (nSPS) is 12.2. The second kappa shape index (κ2) is 6.26. The van der Waals surface area contributed by atoms with Gasteiger partial charge in [-0.15, -0.1) is 11.6 Å². The molecule has 2 rings (SSSR count). The Morgan fingerprint density at radius 3 is 2.50 bits per heavy atom. The van der Waals surface area contributed by atoms with Crippen LogP contribution in [0.3, 0.4) is 0 Å². The van der Waals surface area contributed by atoms with Crippen molar-refractivity contribution in [2.45, 2.75) is 11.8 Å². The van der Waals surface area contributed by atoms with Gasteiger partial charge in [0.05, 0.1) is 17.0 Å². The minimum Gasteiger partial charge on any atom is -0.496 e. The molecule has 3 heteroatoms. The van der Waals surface area contributed by atoms with Crippen LogP contribution in [0.2, 0.25) is 0 Å². The topological polar surface area (TPSA) is 9.23 Å². The molecule has 1 atom stereocenters. The summed E-state index contributed by atoms with van der Waals surface area (Å²) in [7, 11) is 1.65. The van der Waals surface area contributed by atoms with Crippen LogP contribution >= 0.6 is 27.5 Å². The van der Waals surface area contributed by atoms with Crippen molar-refractivity contribution in [2.24, 2.45) is 0 Å². The highest BCUT2D eigenvalue weighted by molar-refractivity contribution is 9.10. The molecular weight excluding hydrogens is 312 g/mol. The first-order chi connectivity index (χ1) is 8.70. The van der Waals surface area contributed by atoms with E-state index >= 15 is 0 Å². The Bertz CT molecular complexity index is 513. The van der Waals surface area contributed by atoms with Crippen molar-refractivity contribution >= 4 is 27.5 Å². The first kappa shape index (κ1) is 13.4. The zero-order chi connectivity index (χ0) is 13.0. The zero-order valence-electron chi connectivity index (χ0n) is 10.1. The first-order valence-corrected chi connectivity index (χ1v) is 6.95. The summed E-state index contributed by atoms with van der Waals surface area (Å²) in [5.74, 6) is 0.822. The first-order valence-electron chi connectivity index (χ1n) is 5.72. The number of methoxy groups -OCH3 is 1. The molecule has 0 saturated heterocycles. The van der Waals surface area contributed by atoms with Gasteiger partial charge in [0.25, 0.3) is 0 Å². The summed E-state index contributed by atoms with van der Waals surface area (Å²) < 4.78 is 6.14. The second-order valence-corrected chi connectivity index (χ2v) is 5.43. The molecule has 0 saturated carbocycles. The van der Waals surface area contributed by atoms with E-state index in [0.717, 1.165) is 22.2 Å². The van der Waals surface area contributed by atoms with E-state index in [1.807, 2.05) is 36.4 Å². The summed E-state index contributed by atoms with van der Waals surface area (Å²) in [5.41, 5.74) is 2.33. The third kappa shape index (κ3) is 3.27. The molecular formula is C15H14BrClO. The standard InChI is InChI=1S/C15H14BrClO/c1-18-15-8-7-12(10-13(15)16)14(17)9-11-5-3-2-4-6-11/h2-8,10,14H,9H2,1H3. The molecule has 0 aromatic heterocycles. The average Bonchev–Trinajstić information content (AvgIpc) is 2.39. The van der Waals surface area contributed by atoms with Crippen LogP contribution in [0.1, 0.15) is 16.5 Å². The Balaban J connectivity index is 2.14. The van der Waals surface area contributed by atoms with Crippen molar-refractivity contribution < 1.29 is 4.74 Å². The summed E-state index contributed by atoms with van der Waals surface area (Å²) in [6, 6.07) is 16.2. The third-order valence-electron chi connectivity index (χ3n) is 2.80. The molecule has 1 unspecified atom stereocenters. The van der Waals surface area contributed by atoms with Crippen LogP contribution < -0.4 is 4.74 Å². The van der Waals surface area contributed by atoms with Gasteiger partial charge in [-0.25, -0.2) is 0 Å². The molecule has 18 heavy (non-hydrogen) atoms. The molecule has 0 amide bonds. The van der Waals surface area contributed by atoms with E-state index in [9.17, 15) is 0 Å². The van der Waals surface area contributed by atoms with Crippen molar-refractivity contribution in [1.82, 2.24) is 0 Å². The average molecular weight is 326 g/mol. The van der Waals surface area contributed by atoms with E-state index in [0.29, 0.717) is 0 Å². The maximum absolute atomic E-state index is 6.45. The number of hydrogen-bond donors (Lipinski definition) is 0. The number of benzene rings is 2. The van der Waals surface area contributed by atoms with Crippen molar-refractivity contribution in [1.29, 1.82) is 0 Å². The number of ether oxygens (including phenoxy) is 1. The molecule has 0 bridgehead atoms. The van der Waals surface area contributed by atoms with Gasteiger partial charge in [-0.3, -0.25) is 0 Å². The summed E-state index contributed by atoms with van der Waals surface area (Å²) in [6.07, 6.45) is 0.821. The van der Waals surface area contributed by atoms with Gasteiger partial charge < -0.3 is 4.74 Å². The molecule has 0 spiro atoms. The molecule has 0 radical (unpaired) electrons. The van der Waals surface area contributed by atoms with E-state index in [4.69, 9.17) is 16.3 Å². The van der Waals surface area contributed by atoms with Crippen LogP contribution in [0.4, 0.5) is 0 Å². The number of alkyl halides is 1. The fourth-order valence-corrected chi connectivity index (χ4v) is 2.69. The Hall–Kier alpha value is -0.990.